The molecule has 0 aliphatic rings. The highest BCUT2D eigenvalue weighted by Crippen LogP contribution is 2.25. The van der Waals surface area contributed by atoms with Gasteiger partial charge in [-0.15, -0.1) is 0 Å². The molecule has 0 fully saturated rings. The average Bonchev–Trinajstić information content (AvgIpc) is 2.57. The Balaban J connectivity index is 2.87. The Morgan fingerprint density at radius 1 is 1.26 bits per heavy atom. The molecule has 0 aliphatic heterocycles. The molecule has 2 amide bonds. The van der Waals surface area contributed by atoms with E-state index in [2.05, 4.69) is 15.4 Å². The predicted octanol–water partition coefficient (Wildman–Crippen LogP) is 2.76. The SMILES string of the molecule is COC(=O)c1ccc(NC(=O)C(CCSC)NC(=O)OC(C)(C)C)c(O)c1. The number of carbonyl (C=O) groups excluding carboxylic acids is 3. The quantitative estimate of drug-likeness (QED) is 0.478. The van der Waals surface area contributed by atoms with Crippen LogP contribution < -0.4 is 10.6 Å². The lowest BCUT2D eigenvalue weighted by Gasteiger charge is -2.23. The van der Waals surface area contributed by atoms with Crippen LogP contribution in [0.25, 0.3) is 0 Å². The van der Waals surface area contributed by atoms with Crippen LogP contribution in [0.5, 0.6) is 5.75 Å². The molecule has 1 unspecified atom stereocenters. The highest BCUT2D eigenvalue weighted by molar-refractivity contribution is 7.98. The van der Waals surface area contributed by atoms with Gasteiger partial charge in [0.2, 0.25) is 5.91 Å². The van der Waals surface area contributed by atoms with Gasteiger partial charge in [0.1, 0.15) is 17.4 Å². The first-order valence-corrected chi connectivity index (χ1v) is 9.67. The van der Waals surface area contributed by atoms with Crippen LogP contribution in [0.3, 0.4) is 0 Å². The molecular formula is C18H26N2O6S. The van der Waals surface area contributed by atoms with Crippen LogP contribution in [0.1, 0.15) is 37.6 Å². The van der Waals surface area contributed by atoms with Crippen LogP contribution in [0, 0.1) is 0 Å². The second kappa shape index (κ2) is 10.1. The number of esters is 1. The highest BCUT2D eigenvalue weighted by atomic mass is 32.2. The second-order valence-corrected chi connectivity index (χ2v) is 7.68. The first-order chi connectivity index (χ1) is 12.6. The number of aromatic hydroxyl groups is 1. The van der Waals surface area contributed by atoms with Crippen LogP contribution in [-0.4, -0.2) is 53.8 Å². The standard InChI is InChI=1S/C18H26N2O6S/c1-18(2,3)26-17(24)20-13(8-9-27-5)15(22)19-12-7-6-11(10-14(12)21)16(23)25-4/h6-7,10,13,21H,8-9H2,1-5H3,(H,19,22)(H,20,24). The number of rotatable bonds is 7. The number of alkyl carbamates (subject to hydrolysis) is 1. The monoisotopic (exact) mass is 398 g/mol. The van der Waals surface area contributed by atoms with Crippen molar-refractivity contribution in [3.63, 3.8) is 0 Å². The van der Waals surface area contributed by atoms with E-state index >= 15 is 0 Å². The molecule has 1 aromatic rings. The largest absolute Gasteiger partial charge is 0.506 e. The topological polar surface area (TPSA) is 114 Å². The van der Waals surface area contributed by atoms with E-state index in [-0.39, 0.29) is 17.0 Å². The summed E-state index contributed by atoms with van der Waals surface area (Å²) in [5.74, 6) is -0.753. The summed E-state index contributed by atoms with van der Waals surface area (Å²) in [4.78, 5) is 36.0. The molecular weight excluding hydrogens is 372 g/mol. The smallest absolute Gasteiger partial charge is 0.408 e. The number of benzene rings is 1. The van der Waals surface area contributed by atoms with Crippen molar-refractivity contribution in [1.82, 2.24) is 5.32 Å². The minimum atomic E-state index is -0.841. The molecule has 0 aromatic heterocycles. The third-order valence-corrected chi connectivity index (χ3v) is 3.94. The third-order valence-electron chi connectivity index (χ3n) is 3.29. The molecule has 27 heavy (non-hydrogen) atoms. The first-order valence-electron chi connectivity index (χ1n) is 8.28. The van der Waals surface area contributed by atoms with Crippen molar-refractivity contribution in [3.8, 4) is 5.75 Å². The van der Waals surface area contributed by atoms with Crippen molar-refractivity contribution in [3.05, 3.63) is 23.8 Å². The zero-order chi connectivity index (χ0) is 20.6. The van der Waals surface area contributed by atoms with E-state index in [1.807, 2.05) is 6.26 Å². The number of hydrogen-bond donors (Lipinski definition) is 3. The zero-order valence-corrected chi connectivity index (χ0v) is 16.9. The number of thioether (sulfide) groups is 1. The van der Waals surface area contributed by atoms with Gasteiger partial charge >= 0.3 is 12.1 Å². The maximum absolute atomic E-state index is 12.6. The number of nitrogens with one attached hydrogen (secondary N) is 2. The normalized spacial score (nSPS) is 12.0. The number of phenols is 1. The lowest BCUT2D eigenvalue weighted by Crippen LogP contribution is -2.46. The lowest BCUT2D eigenvalue weighted by molar-refractivity contribution is -0.118. The van der Waals surface area contributed by atoms with Gasteiger partial charge in [0.05, 0.1) is 18.4 Å². The first kappa shape index (κ1) is 22.6. The number of phenolic OH excluding ortho intramolecular Hbond substituents is 1. The van der Waals surface area contributed by atoms with E-state index < -0.39 is 29.6 Å². The Morgan fingerprint density at radius 3 is 2.44 bits per heavy atom. The van der Waals surface area contributed by atoms with Gasteiger partial charge in [-0.25, -0.2) is 9.59 Å². The molecule has 3 N–H and O–H groups in total. The predicted molar refractivity (Wildman–Crippen MR) is 104 cm³/mol. The van der Waals surface area contributed by atoms with Gasteiger partial charge in [0.15, 0.2) is 0 Å². The highest BCUT2D eigenvalue weighted by Gasteiger charge is 2.25. The van der Waals surface area contributed by atoms with Crippen molar-refractivity contribution < 1.29 is 29.0 Å². The summed E-state index contributed by atoms with van der Waals surface area (Å²) < 4.78 is 9.77. The van der Waals surface area contributed by atoms with E-state index in [1.165, 1.54) is 37.1 Å². The van der Waals surface area contributed by atoms with Gasteiger partial charge in [-0.05, 0) is 57.4 Å². The van der Waals surface area contributed by atoms with Crippen molar-refractivity contribution in [1.29, 1.82) is 0 Å². The van der Waals surface area contributed by atoms with Crippen molar-refractivity contribution in [2.75, 3.05) is 24.4 Å². The second-order valence-electron chi connectivity index (χ2n) is 6.69. The number of methoxy groups -OCH3 is 1. The fourth-order valence-corrected chi connectivity index (χ4v) is 2.53. The summed E-state index contributed by atoms with van der Waals surface area (Å²) in [6.07, 6.45) is 1.57. The summed E-state index contributed by atoms with van der Waals surface area (Å²) in [7, 11) is 1.23. The van der Waals surface area contributed by atoms with Crippen molar-refractivity contribution in [2.24, 2.45) is 0 Å². The molecule has 1 rings (SSSR count). The van der Waals surface area contributed by atoms with Crippen molar-refractivity contribution in [2.45, 2.75) is 38.8 Å². The van der Waals surface area contributed by atoms with Crippen LogP contribution in [-0.2, 0) is 14.3 Å². The average molecular weight is 398 g/mol. The molecule has 9 heteroatoms. The van der Waals surface area contributed by atoms with Crippen LogP contribution in [0.15, 0.2) is 18.2 Å². The number of carbonyl (C=O) groups is 3. The Labute approximate surface area is 163 Å². The van der Waals surface area contributed by atoms with Gasteiger partial charge in [-0.1, -0.05) is 0 Å². The maximum atomic E-state index is 12.6. The summed E-state index contributed by atoms with van der Waals surface area (Å²) in [6.45, 7) is 5.18. The molecule has 0 spiro atoms. The lowest BCUT2D eigenvalue weighted by atomic mass is 10.1. The van der Waals surface area contributed by atoms with E-state index in [0.717, 1.165) is 0 Å². The van der Waals surface area contributed by atoms with Crippen LogP contribution in [0.2, 0.25) is 0 Å². The Kier molecular flexibility index (Phi) is 8.42. The van der Waals surface area contributed by atoms with Gasteiger partial charge < -0.3 is 25.2 Å². The zero-order valence-electron chi connectivity index (χ0n) is 16.1. The van der Waals surface area contributed by atoms with Gasteiger partial charge in [-0.2, -0.15) is 11.8 Å². The van der Waals surface area contributed by atoms with E-state index in [9.17, 15) is 19.5 Å². The fraction of sp³-hybridized carbons (Fsp3) is 0.500. The summed E-state index contributed by atoms with van der Waals surface area (Å²) >= 11 is 1.53. The molecule has 1 atom stereocenters. The van der Waals surface area contributed by atoms with E-state index in [0.29, 0.717) is 12.2 Å². The van der Waals surface area contributed by atoms with Gasteiger partial charge in [-0.3, -0.25) is 4.79 Å². The maximum Gasteiger partial charge on any atom is 0.408 e. The van der Waals surface area contributed by atoms with Crippen LogP contribution >= 0.6 is 11.8 Å². The molecule has 8 nitrogen and oxygen atoms in total. The van der Waals surface area contributed by atoms with Crippen molar-refractivity contribution >= 4 is 35.4 Å². The molecule has 0 aliphatic carbocycles. The Bertz CT molecular complexity index is 687. The number of amides is 2. The minimum Gasteiger partial charge on any atom is -0.506 e. The molecule has 150 valence electrons. The summed E-state index contributed by atoms with van der Waals surface area (Å²) in [5.41, 5.74) is -0.418. The number of hydrogen-bond acceptors (Lipinski definition) is 7. The molecule has 0 saturated carbocycles. The molecule has 0 saturated heterocycles. The third kappa shape index (κ3) is 7.78. The van der Waals surface area contributed by atoms with Gasteiger partial charge in [0, 0.05) is 0 Å². The fourth-order valence-electron chi connectivity index (χ4n) is 2.06. The van der Waals surface area contributed by atoms with Crippen LogP contribution in [0.4, 0.5) is 10.5 Å². The molecule has 1 aromatic carbocycles. The molecule has 0 heterocycles. The number of ether oxygens (including phenoxy) is 2. The molecule has 0 bridgehead atoms. The Hall–Kier alpha value is -2.42. The molecule has 0 radical (unpaired) electrons. The minimum absolute atomic E-state index is 0.118. The summed E-state index contributed by atoms with van der Waals surface area (Å²) in [6, 6.07) is 3.16. The van der Waals surface area contributed by atoms with Gasteiger partial charge in [0.25, 0.3) is 0 Å². The summed E-state index contributed by atoms with van der Waals surface area (Å²) in [5, 5.41) is 15.1. The van der Waals surface area contributed by atoms with E-state index in [4.69, 9.17) is 4.74 Å². The van der Waals surface area contributed by atoms with E-state index in [1.54, 1.807) is 20.8 Å². The Morgan fingerprint density at radius 2 is 1.93 bits per heavy atom. The number of anilines is 1.